The minimum atomic E-state index is -1.44. The average molecular weight is 602 g/mol. The number of amides is 2. The molecule has 0 radical (unpaired) electrons. The Bertz CT molecular complexity index is 1970. The van der Waals surface area contributed by atoms with Gasteiger partial charge in [0.2, 0.25) is 18.6 Å². The molecule has 1 saturated heterocycles. The van der Waals surface area contributed by atoms with Crippen molar-refractivity contribution in [1.29, 1.82) is 0 Å². The molecule has 2 heterocycles. The van der Waals surface area contributed by atoms with Crippen LogP contribution in [0.25, 0.3) is 11.1 Å². The highest BCUT2D eigenvalue weighted by Crippen LogP contribution is 2.74. The van der Waals surface area contributed by atoms with E-state index >= 15 is 14.4 Å². The number of rotatable bonds is 5. The van der Waals surface area contributed by atoms with E-state index < -0.39 is 34.5 Å². The Balaban J connectivity index is 1.42. The predicted molar refractivity (Wildman–Crippen MR) is 173 cm³/mol. The molecule has 2 amide bonds. The number of benzene rings is 5. The van der Waals surface area contributed by atoms with Gasteiger partial charge >= 0.3 is 0 Å². The first-order chi connectivity index (χ1) is 22.6. The van der Waals surface area contributed by atoms with Crippen molar-refractivity contribution in [2.75, 3.05) is 11.7 Å². The molecule has 2 bridgehead atoms. The van der Waals surface area contributed by atoms with Crippen LogP contribution in [-0.2, 0) is 25.2 Å². The molecule has 4 atom stereocenters. The van der Waals surface area contributed by atoms with Gasteiger partial charge in [0.15, 0.2) is 17.3 Å². The zero-order valence-corrected chi connectivity index (χ0v) is 24.6. The largest absolute Gasteiger partial charge is 0.454 e. The molecular formula is C40H27NO5. The SMILES string of the molecule is O=C1C2C(C(=O)N1c1ccc3c(c1)OCO3)C1(c3ccccc3)C(=O)C2(c2ccccc2)C(c2ccccc2)=C1c1ccccc1. The van der Waals surface area contributed by atoms with Crippen LogP contribution >= 0.6 is 0 Å². The molecule has 4 unspecified atom stereocenters. The van der Waals surface area contributed by atoms with E-state index in [0.717, 1.165) is 22.3 Å². The van der Waals surface area contributed by atoms with Gasteiger partial charge in [-0.2, -0.15) is 0 Å². The van der Waals surface area contributed by atoms with Crippen LogP contribution in [-0.4, -0.2) is 24.4 Å². The smallest absolute Gasteiger partial charge is 0.239 e. The summed E-state index contributed by atoms with van der Waals surface area (Å²) in [6, 6.07) is 43.9. The summed E-state index contributed by atoms with van der Waals surface area (Å²) < 4.78 is 11.1. The molecule has 9 rings (SSSR count). The lowest BCUT2D eigenvalue weighted by molar-refractivity contribution is -0.130. The van der Waals surface area contributed by atoms with Crippen molar-refractivity contribution < 1.29 is 23.9 Å². The van der Waals surface area contributed by atoms with Gasteiger partial charge in [-0.05, 0) is 45.5 Å². The summed E-state index contributed by atoms with van der Waals surface area (Å²) in [5.74, 6) is -1.88. The van der Waals surface area contributed by atoms with Crippen LogP contribution in [0.4, 0.5) is 5.69 Å². The van der Waals surface area contributed by atoms with E-state index in [2.05, 4.69) is 0 Å². The first-order valence-corrected chi connectivity index (χ1v) is 15.4. The molecule has 222 valence electrons. The van der Waals surface area contributed by atoms with Crippen LogP contribution < -0.4 is 14.4 Å². The van der Waals surface area contributed by atoms with Crippen molar-refractivity contribution in [2.24, 2.45) is 11.8 Å². The molecule has 6 heteroatoms. The standard InChI is InChI=1S/C40H27NO5/c42-36-34-35(37(43)41(36)29-21-22-30-31(23-29)46-24-45-30)40(28-19-11-4-12-20-28)33(26-15-7-2-8-16-26)32(25-13-5-1-6-14-25)39(34,38(40)44)27-17-9-3-10-18-27/h1-23,34-35H,24H2. The summed E-state index contributed by atoms with van der Waals surface area (Å²) in [5, 5.41) is 0. The van der Waals surface area contributed by atoms with Gasteiger partial charge in [0.1, 0.15) is 0 Å². The predicted octanol–water partition coefficient (Wildman–Crippen LogP) is 6.60. The van der Waals surface area contributed by atoms with Gasteiger partial charge in [0.25, 0.3) is 0 Å². The van der Waals surface area contributed by atoms with E-state index in [0.29, 0.717) is 28.3 Å². The summed E-state index contributed by atoms with van der Waals surface area (Å²) in [4.78, 5) is 47.3. The zero-order chi connectivity index (χ0) is 31.0. The molecule has 0 aromatic heterocycles. The van der Waals surface area contributed by atoms with E-state index in [1.807, 2.05) is 121 Å². The number of Topliss-reactive ketones (excluding diaryl/α,β-unsaturated/α-hetero) is 1. The Morgan fingerprint density at radius 1 is 0.522 bits per heavy atom. The second kappa shape index (κ2) is 9.62. The number of nitrogens with zero attached hydrogens (tertiary/aromatic N) is 1. The quantitative estimate of drug-likeness (QED) is 0.212. The zero-order valence-electron chi connectivity index (χ0n) is 24.6. The van der Waals surface area contributed by atoms with Gasteiger partial charge < -0.3 is 9.47 Å². The van der Waals surface area contributed by atoms with Crippen LogP contribution in [0.1, 0.15) is 22.3 Å². The van der Waals surface area contributed by atoms with Gasteiger partial charge in [-0.3, -0.25) is 14.4 Å². The number of allylic oxidation sites excluding steroid dienone is 2. The van der Waals surface area contributed by atoms with Crippen molar-refractivity contribution >= 4 is 34.4 Å². The summed E-state index contributed by atoms with van der Waals surface area (Å²) in [6.45, 7) is 0.0689. The van der Waals surface area contributed by atoms with Crippen LogP contribution in [0, 0.1) is 11.8 Å². The fourth-order valence-corrected chi connectivity index (χ4v) is 8.61. The summed E-state index contributed by atoms with van der Waals surface area (Å²) >= 11 is 0. The van der Waals surface area contributed by atoms with Gasteiger partial charge in [-0.25, -0.2) is 4.90 Å². The van der Waals surface area contributed by atoms with Gasteiger partial charge in [-0.15, -0.1) is 0 Å². The molecule has 2 aliphatic carbocycles. The Morgan fingerprint density at radius 3 is 1.43 bits per heavy atom. The van der Waals surface area contributed by atoms with E-state index in [9.17, 15) is 0 Å². The minimum absolute atomic E-state index is 0.0689. The van der Waals surface area contributed by atoms with Crippen LogP contribution in [0.3, 0.4) is 0 Å². The molecule has 4 aliphatic rings. The van der Waals surface area contributed by atoms with Crippen molar-refractivity contribution in [3.63, 3.8) is 0 Å². The van der Waals surface area contributed by atoms with Gasteiger partial charge in [0, 0.05) is 6.07 Å². The molecule has 2 aliphatic heterocycles. The van der Waals surface area contributed by atoms with Crippen LogP contribution in [0.2, 0.25) is 0 Å². The van der Waals surface area contributed by atoms with Crippen LogP contribution in [0.15, 0.2) is 140 Å². The maximum atomic E-state index is 15.9. The van der Waals surface area contributed by atoms with Crippen molar-refractivity contribution in [3.8, 4) is 11.5 Å². The molecule has 2 fully saturated rings. The van der Waals surface area contributed by atoms with E-state index in [-0.39, 0.29) is 12.6 Å². The molecule has 5 aromatic rings. The maximum absolute atomic E-state index is 15.9. The summed E-state index contributed by atoms with van der Waals surface area (Å²) in [6.07, 6.45) is 0. The first kappa shape index (κ1) is 26.6. The van der Waals surface area contributed by atoms with Gasteiger partial charge in [0.05, 0.1) is 28.4 Å². The Morgan fingerprint density at radius 2 is 0.957 bits per heavy atom. The number of anilines is 1. The molecule has 5 aromatic carbocycles. The summed E-state index contributed by atoms with van der Waals surface area (Å²) in [5.41, 5.74) is 2.15. The van der Waals surface area contributed by atoms with E-state index in [1.165, 1.54) is 4.90 Å². The number of carbonyl (C=O) groups is 3. The highest BCUT2D eigenvalue weighted by Gasteiger charge is 2.82. The lowest BCUT2D eigenvalue weighted by Crippen LogP contribution is -2.45. The minimum Gasteiger partial charge on any atom is -0.454 e. The summed E-state index contributed by atoms with van der Waals surface area (Å²) in [7, 11) is 0. The third-order valence-corrected chi connectivity index (χ3v) is 10.2. The number of fused-ring (bicyclic) bond motifs is 6. The lowest BCUT2D eigenvalue weighted by Gasteiger charge is -2.39. The molecule has 0 N–H and O–H groups in total. The third kappa shape index (κ3) is 3.18. The topological polar surface area (TPSA) is 72.9 Å². The number of hydrogen-bond acceptors (Lipinski definition) is 5. The highest BCUT2D eigenvalue weighted by atomic mass is 16.7. The normalized spacial score (nSPS) is 25.8. The molecular weight excluding hydrogens is 574 g/mol. The number of carbonyl (C=O) groups excluding carboxylic acids is 3. The fraction of sp³-hybridized carbons (Fsp3) is 0.125. The molecule has 6 nitrogen and oxygen atoms in total. The number of ketones is 1. The number of ether oxygens (including phenoxy) is 2. The third-order valence-electron chi connectivity index (χ3n) is 10.2. The van der Waals surface area contributed by atoms with Crippen molar-refractivity contribution in [3.05, 3.63) is 162 Å². The second-order valence-electron chi connectivity index (χ2n) is 12.2. The maximum Gasteiger partial charge on any atom is 0.239 e. The lowest BCUT2D eigenvalue weighted by atomic mass is 9.59. The average Bonchev–Trinajstić information content (AvgIpc) is 3.82. The second-order valence-corrected chi connectivity index (χ2v) is 12.2. The molecule has 0 spiro atoms. The monoisotopic (exact) mass is 601 g/mol. The number of imide groups is 1. The van der Waals surface area contributed by atoms with Crippen molar-refractivity contribution in [2.45, 2.75) is 10.8 Å². The fourth-order valence-electron chi connectivity index (χ4n) is 8.61. The first-order valence-electron chi connectivity index (χ1n) is 15.4. The Labute approximate surface area is 265 Å². The molecule has 46 heavy (non-hydrogen) atoms. The number of hydrogen-bond donors (Lipinski definition) is 0. The van der Waals surface area contributed by atoms with Crippen LogP contribution in [0.5, 0.6) is 11.5 Å². The highest BCUT2D eigenvalue weighted by molar-refractivity contribution is 6.39. The Kier molecular flexibility index (Phi) is 5.57. The van der Waals surface area contributed by atoms with Gasteiger partial charge in [-0.1, -0.05) is 121 Å². The van der Waals surface area contributed by atoms with E-state index in [1.54, 1.807) is 18.2 Å². The molecule has 1 saturated carbocycles. The van der Waals surface area contributed by atoms with E-state index in [4.69, 9.17) is 9.47 Å². The Hall–Kier alpha value is -5.75. The van der Waals surface area contributed by atoms with Crippen molar-refractivity contribution in [1.82, 2.24) is 0 Å².